The van der Waals surface area contributed by atoms with Crippen LogP contribution in [0.4, 0.5) is 0 Å². The highest BCUT2D eigenvalue weighted by atomic mass is 16.4. The summed E-state index contributed by atoms with van der Waals surface area (Å²) in [5.74, 6) is -0.897. The number of benzene rings is 1. The van der Waals surface area contributed by atoms with E-state index in [2.05, 4.69) is 17.6 Å². The van der Waals surface area contributed by atoms with Gasteiger partial charge in [-0.15, -0.1) is 0 Å². The van der Waals surface area contributed by atoms with Gasteiger partial charge in [-0.3, -0.25) is 4.68 Å². The SMILES string of the molecule is Cc1ccc(C)n1NCc1ccc(C(=O)O)cc1. The summed E-state index contributed by atoms with van der Waals surface area (Å²) in [5.41, 5.74) is 6.95. The van der Waals surface area contributed by atoms with Crippen LogP contribution in [0.25, 0.3) is 0 Å². The van der Waals surface area contributed by atoms with Gasteiger partial charge in [-0.25, -0.2) is 4.79 Å². The van der Waals surface area contributed by atoms with E-state index in [0.717, 1.165) is 17.0 Å². The topological polar surface area (TPSA) is 54.3 Å². The van der Waals surface area contributed by atoms with E-state index in [-0.39, 0.29) is 0 Å². The highest BCUT2D eigenvalue weighted by Crippen LogP contribution is 2.07. The van der Waals surface area contributed by atoms with Gasteiger partial charge in [0.25, 0.3) is 0 Å². The molecule has 0 unspecified atom stereocenters. The van der Waals surface area contributed by atoms with Crippen LogP contribution >= 0.6 is 0 Å². The number of carboxylic acids is 1. The number of carboxylic acid groups (broad SMARTS) is 1. The molecule has 0 aliphatic heterocycles. The molecule has 18 heavy (non-hydrogen) atoms. The van der Waals surface area contributed by atoms with Crippen molar-refractivity contribution >= 4 is 5.97 Å². The molecule has 1 aromatic heterocycles. The van der Waals surface area contributed by atoms with Gasteiger partial charge in [0, 0.05) is 11.4 Å². The molecule has 1 aromatic carbocycles. The van der Waals surface area contributed by atoms with Crippen molar-refractivity contribution in [2.24, 2.45) is 0 Å². The van der Waals surface area contributed by atoms with Crippen molar-refractivity contribution < 1.29 is 9.90 Å². The van der Waals surface area contributed by atoms with Crippen molar-refractivity contribution in [2.75, 3.05) is 5.43 Å². The van der Waals surface area contributed by atoms with E-state index < -0.39 is 5.97 Å². The molecule has 94 valence electrons. The molecule has 0 fully saturated rings. The predicted octanol–water partition coefficient (Wildman–Crippen LogP) is 2.55. The van der Waals surface area contributed by atoms with Gasteiger partial charge in [0.05, 0.1) is 12.1 Å². The van der Waals surface area contributed by atoms with Crippen LogP contribution in [0.15, 0.2) is 36.4 Å². The number of carbonyl (C=O) groups is 1. The van der Waals surface area contributed by atoms with Crippen molar-refractivity contribution in [1.29, 1.82) is 0 Å². The van der Waals surface area contributed by atoms with Crippen LogP contribution in [0.1, 0.15) is 27.3 Å². The smallest absolute Gasteiger partial charge is 0.335 e. The number of aromatic carboxylic acids is 1. The second kappa shape index (κ2) is 4.96. The molecule has 2 aromatic rings. The molecule has 4 heteroatoms. The van der Waals surface area contributed by atoms with Gasteiger partial charge < -0.3 is 10.5 Å². The summed E-state index contributed by atoms with van der Waals surface area (Å²) in [7, 11) is 0. The molecule has 0 spiro atoms. The lowest BCUT2D eigenvalue weighted by atomic mass is 10.1. The van der Waals surface area contributed by atoms with E-state index in [4.69, 9.17) is 5.11 Å². The van der Waals surface area contributed by atoms with E-state index in [1.165, 1.54) is 0 Å². The fourth-order valence-electron chi connectivity index (χ4n) is 1.85. The minimum Gasteiger partial charge on any atom is -0.478 e. The standard InChI is InChI=1S/C14H16N2O2/c1-10-3-4-11(2)16(10)15-9-12-5-7-13(8-6-12)14(17)18/h3-8,15H,9H2,1-2H3,(H,17,18). The maximum Gasteiger partial charge on any atom is 0.335 e. The van der Waals surface area contributed by atoms with E-state index in [1.807, 2.05) is 30.7 Å². The molecule has 4 nitrogen and oxygen atoms in total. The van der Waals surface area contributed by atoms with Crippen molar-refractivity contribution in [2.45, 2.75) is 20.4 Å². The Labute approximate surface area is 106 Å². The average molecular weight is 244 g/mol. The Hall–Kier alpha value is -2.23. The van der Waals surface area contributed by atoms with E-state index >= 15 is 0 Å². The lowest BCUT2D eigenvalue weighted by molar-refractivity contribution is 0.0697. The number of nitrogens with one attached hydrogen (secondary N) is 1. The third-order valence-electron chi connectivity index (χ3n) is 2.91. The minimum atomic E-state index is -0.897. The minimum absolute atomic E-state index is 0.312. The van der Waals surface area contributed by atoms with Gasteiger partial charge in [-0.1, -0.05) is 12.1 Å². The molecule has 0 atom stereocenters. The Morgan fingerprint density at radius 3 is 2.17 bits per heavy atom. The number of hydrogen-bond donors (Lipinski definition) is 2. The normalized spacial score (nSPS) is 10.3. The van der Waals surface area contributed by atoms with Crippen LogP contribution in [0.5, 0.6) is 0 Å². The molecule has 0 aliphatic carbocycles. The van der Waals surface area contributed by atoms with Gasteiger partial charge in [0.1, 0.15) is 0 Å². The Bertz CT molecular complexity index is 536. The molecule has 2 rings (SSSR count). The summed E-state index contributed by atoms with van der Waals surface area (Å²) < 4.78 is 2.02. The third kappa shape index (κ3) is 2.53. The quantitative estimate of drug-likeness (QED) is 0.869. The second-order valence-electron chi connectivity index (χ2n) is 4.29. The van der Waals surface area contributed by atoms with Crippen molar-refractivity contribution in [3.8, 4) is 0 Å². The van der Waals surface area contributed by atoms with Crippen LogP contribution in [0.3, 0.4) is 0 Å². The highest BCUT2D eigenvalue weighted by Gasteiger charge is 2.03. The number of hydrogen-bond acceptors (Lipinski definition) is 2. The van der Waals surface area contributed by atoms with Crippen molar-refractivity contribution in [1.82, 2.24) is 4.68 Å². The molecular formula is C14H16N2O2. The fourth-order valence-corrected chi connectivity index (χ4v) is 1.85. The van der Waals surface area contributed by atoms with Crippen LogP contribution in [0, 0.1) is 13.8 Å². The molecule has 0 bridgehead atoms. The van der Waals surface area contributed by atoms with Crippen LogP contribution < -0.4 is 5.43 Å². The zero-order chi connectivity index (χ0) is 13.1. The van der Waals surface area contributed by atoms with E-state index in [9.17, 15) is 4.79 Å². The van der Waals surface area contributed by atoms with E-state index in [0.29, 0.717) is 12.1 Å². The molecule has 0 amide bonds. The largest absolute Gasteiger partial charge is 0.478 e. The zero-order valence-corrected chi connectivity index (χ0v) is 10.5. The van der Waals surface area contributed by atoms with E-state index in [1.54, 1.807) is 12.1 Å². The molecule has 0 aliphatic rings. The van der Waals surface area contributed by atoms with Crippen LogP contribution in [0.2, 0.25) is 0 Å². The van der Waals surface area contributed by atoms with Gasteiger partial charge in [-0.05, 0) is 43.7 Å². The molecule has 1 heterocycles. The van der Waals surface area contributed by atoms with Crippen molar-refractivity contribution in [3.63, 3.8) is 0 Å². The Morgan fingerprint density at radius 1 is 1.11 bits per heavy atom. The van der Waals surface area contributed by atoms with Gasteiger partial charge in [0.15, 0.2) is 0 Å². The number of nitrogens with zero attached hydrogens (tertiary/aromatic N) is 1. The Morgan fingerprint density at radius 2 is 1.67 bits per heavy atom. The number of aryl methyl sites for hydroxylation is 2. The predicted molar refractivity (Wildman–Crippen MR) is 70.4 cm³/mol. The first-order chi connectivity index (χ1) is 8.58. The molecule has 0 saturated heterocycles. The van der Waals surface area contributed by atoms with Crippen molar-refractivity contribution in [3.05, 3.63) is 58.9 Å². The maximum atomic E-state index is 10.7. The summed E-state index contributed by atoms with van der Waals surface area (Å²) >= 11 is 0. The second-order valence-corrected chi connectivity index (χ2v) is 4.29. The van der Waals surface area contributed by atoms with Gasteiger partial charge >= 0.3 is 5.97 Å². The summed E-state index contributed by atoms with van der Waals surface area (Å²) in [6.45, 7) is 4.73. The fraction of sp³-hybridized carbons (Fsp3) is 0.214. The average Bonchev–Trinajstić information content (AvgIpc) is 2.67. The van der Waals surface area contributed by atoms with Gasteiger partial charge in [-0.2, -0.15) is 0 Å². The molecule has 0 radical (unpaired) electrons. The van der Waals surface area contributed by atoms with Crippen LogP contribution in [-0.4, -0.2) is 15.8 Å². The zero-order valence-electron chi connectivity index (χ0n) is 10.5. The molecule has 0 saturated carbocycles. The third-order valence-corrected chi connectivity index (χ3v) is 2.91. The van der Waals surface area contributed by atoms with Crippen LogP contribution in [-0.2, 0) is 6.54 Å². The Kier molecular flexibility index (Phi) is 3.37. The number of aromatic nitrogens is 1. The first-order valence-electron chi connectivity index (χ1n) is 5.79. The monoisotopic (exact) mass is 244 g/mol. The lowest BCUT2D eigenvalue weighted by Gasteiger charge is -2.12. The van der Waals surface area contributed by atoms with Gasteiger partial charge in [0.2, 0.25) is 0 Å². The molecular weight excluding hydrogens is 228 g/mol. The Balaban J connectivity index is 2.04. The summed E-state index contributed by atoms with van der Waals surface area (Å²) in [4.78, 5) is 10.7. The highest BCUT2D eigenvalue weighted by molar-refractivity contribution is 5.87. The molecule has 2 N–H and O–H groups in total. The summed E-state index contributed by atoms with van der Waals surface area (Å²) in [6, 6.07) is 11.0. The summed E-state index contributed by atoms with van der Waals surface area (Å²) in [6.07, 6.45) is 0. The maximum absolute atomic E-state index is 10.7. The summed E-state index contributed by atoms with van der Waals surface area (Å²) in [5, 5.41) is 8.81. The number of rotatable bonds is 4. The first-order valence-corrected chi connectivity index (χ1v) is 5.79. The lowest BCUT2D eigenvalue weighted by Crippen LogP contribution is -2.16. The first kappa shape index (κ1) is 12.2.